The second-order valence-electron chi connectivity index (χ2n) is 4.67. The van der Waals surface area contributed by atoms with Gasteiger partial charge in [0.15, 0.2) is 11.5 Å². The van der Waals surface area contributed by atoms with Crippen molar-refractivity contribution < 1.29 is 24.2 Å². The van der Waals surface area contributed by atoms with E-state index in [1.54, 1.807) is 47.9 Å². The van der Waals surface area contributed by atoms with Gasteiger partial charge in [0.2, 0.25) is 5.91 Å². The van der Waals surface area contributed by atoms with Gasteiger partial charge in [-0.3, -0.25) is 9.59 Å². The van der Waals surface area contributed by atoms with E-state index in [9.17, 15) is 14.7 Å². The van der Waals surface area contributed by atoms with Crippen molar-refractivity contribution in [1.82, 2.24) is 4.90 Å². The van der Waals surface area contributed by atoms with Gasteiger partial charge in [-0.1, -0.05) is 12.1 Å². The molecule has 0 saturated carbocycles. The molecule has 7 heteroatoms. The van der Waals surface area contributed by atoms with E-state index in [2.05, 4.69) is 0 Å². The molecule has 1 aliphatic rings. The summed E-state index contributed by atoms with van der Waals surface area (Å²) < 4.78 is 10.4. The molecule has 1 aromatic carbocycles. The standard InChI is InChI=1S/C15H19NO5S/c1-2-20-15(19)9-13(18)16-7-8-22-14(16)10-21-12-6-4-3-5-11(12)17/h3-6,14,17H,2,7-10H2,1H3/t14-/m0/s1. The summed E-state index contributed by atoms with van der Waals surface area (Å²) >= 11 is 1.59. The van der Waals surface area contributed by atoms with Crippen LogP contribution in [-0.4, -0.2) is 52.8 Å². The maximum absolute atomic E-state index is 12.1. The van der Waals surface area contributed by atoms with Gasteiger partial charge in [-0.15, -0.1) is 11.8 Å². The number of ether oxygens (including phenoxy) is 2. The molecular formula is C15H19NO5S. The summed E-state index contributed by atoms with van der Waals surface area (Å²) in [7, 11) is 0. The Kier molecular flexibility index (Phi) is 5.94. The Hall–Kier alpha value is -1.89. The zero-order valence-electron chi connectivity index (χ0n) is 12.4. The van der Waals surface area contributed by atoms with Crippen molar-refractivity contribution in [3.8, 4) is 11.5 Å². The van der Waals surface area contributed by atoms with Crippen LogP contribution in [0.5, 0.6) is 11.5 Å². The molecule has 0 aliphatic carbocycles. The van der Waals surface area contributed by atoms with Crippen LogP contribution >= 0.6 is 11.8 Å². The van der Waals surface area contributed by atoms with E-state index in [0.717, 1.165) is 5.75 Å². The number of amides is 1. The number of rotatable bonds is 6. The predicted molar refractivity (Wildman–Crippen MR) is 82.8 cm³/mol. The number of carbonyl (C=O) groups is 2. The van der Waals surface area contributed by atoms with Gasteiger partial charge >= 0.3 is 5.97 Å². The van der Waals surface area contributed by atoms with E-state index >= 15 is 0 Å². The van der Waals surface area contributed by atoms with Crippen LogP contribution < -0.4 is 4.74 Å². The molecule has 6 nitrogen and oxygen atoms in total. The first-order valence-electron chi connectivity index (χ1n) is 7.09. The van der Waals surface area contributed by atoms with E-state index in [4.69, 9.17) is 9.47 Å². The van der Waals surface area contributed by atoms with Crippen molar-refractivity contribution in [3.63, 3.8) is 0 Å². The first kappa shape index (κ1) is 16.5. The molecule has 1 aliphatic heterocycles. The molecule has 0 unspecified atom stereocenters. The van der Waals surface area contributed by atoms with Gasteiger partial charge in [-0.2, -0.15) is 0 Å². The second kappa shape index (κ2) is 7.93. The number of para-hydroxylation sites is 2. The lowest BCUT2D eigenvalue weighted by atomic mass is 10.3. The van der Waals surface area contributed by atoms with Gasteiger partial charge in [-0.25, -0.2) is 0 Å². The summed E-state index contributed by atoms with van der Waals surface area (Å²) in [6.07, 6.45) is -0.249. The van der Waals surface area contributed by atoms with Crippen molar-refractivity contribution in [2.75, 3.05) is 25.5 Å². The van der Waals surface area contributed by atoms with E-state index < -0.39 is 5.97 Å². The van der Waals surface area contributed by atoms with Crippen LogP contribution in [0.3, 0.4) is 0 Å². The number of phenolic OH excluding ortho intramolecular Hbond substituents is 1. The topological polar surface area (TPSA) is 76.1 Å². The monoisotopic (exact) mass is 325 g/mol. The summed E-state index contributed by atoms with van der Waals surface area (Å²) in [5.41, 5.74) is 0. The molecule has 1 saturated heterocycles. The van der Waals surface area contributed by atoms with Gasteiger partial charge in [0, 0.05) is 12.3 Å². The Morgan fingerprint density at radius 3 is 2.91 bits per heavy atom. The molecule has 0 aromatic heterocycles. The van der Waals surface area contributed by atoms with Crippen molar-refractivity contribution in [3.05, 3.63) is 24.3 Å². The van der Waals surface area contributed by atoms with E-state index in [0.29, 0.717) is 12.3 Å². The molecule has 1 N–H and O–H groups in total. The van der Waals surface area contributed by atoms with Crippen LogP contribution in [-0.2, 0) is 14.3 Å². The van der Waals surface area contributed by atoms with Crippen molar-refractivity contribution in [2.45, 2.75) is 18.7 Å². The molecule has 22 heavy (non-hydrogen) atoms. The molecule has 0 spiro atoms. The number of benzene rings is 1. The molecule has 0 radical (unpaired) electrons. The Bertz CT molecular complexity index is 536. The first-order valence-corrected chi connectivity index (χ1v) is 8.14. The average Bonchev–Trinajstić information content (AvgIpc) is 2.95. The van der Waals surface area contributed by atoms with Gasteiger partial charge in [0.25, 0.3) is 0 Å². The fraction of sp³-hybridized carbons (Fsp3) is 0.467. The number of phenols is 1. The number of carbonyl (C=O) groups excluding carboxylic acids is 2. The van der Waals surface area contributed by atoms with Crippen LogP contribution in [0.2, 0.25) is 0 Å². The Balaban J connectivity index is 1.89. The minimum absolute atomic E-state index is 0.0647. The number of esters is 1. The minimum atomic E-state index is -0.509. The molecular weight excluding hydrogens is 306 g/mol. The van der Waals surface area contributed by atoms with Crippen molar-refractivity contribution in [2.24, 2.45) is 0 Å². The van der Waals surface area contributed by atoms with E-state index in [1.165, 1.54) is 0 Å². The largest absolute Gasteiger partial charge is 0.504 e. The highest BCUT2D eigenvalue weighted by Crippen LogP contribution is 2.28. The Morgan fingerprint density at radius 2 is 2.18 bits per heavy atom. The minimum Gasteiger partial charge on any atom is -0.504 e. The smallest absolute Gasteiger partial charge is 0.315 e. The lowest BCUT2D eigenvalue weighted by Crippen LogP contribution is -2.39. The fourth-order valence-electron chi connectivity index (χ4n) is 2.12. The van der Waals surface area contributed by atoms with Gasteiger partial charge < -0.3 is 19.5 Å². The number of aromatic hydroxyl groups is 1. The van der Waals surface area contributed by atoms with E-state index in [-0.39, 0.29) is 36.7 Å². The lowest BCUT2D eigenvalue weighted by Gasteiger charge is -2.23. The van der Waals surface area contributed by atoms with Crippen LogP contribution in [0, 0.1) is 0 Å². The highest BCUT2D eigenvalue weighted by atomic mass is 32.2. The number of hydrogen-bond acceptors (Lipinski definition) is 6. The first-order chi connectivity index (χ1) is 10.6. The maximum atomic E-state index is 12.1. The Labute approximate surface area is 133 Å². The van der Waals surface area contributed by atoms with Crippen molar-refractivity contribution in [1.29, 1.82) is 0 Å². The molecule has 120 valence electrons. The zero-order valence-corrected chi connectivity index (χ0v) is 13.2. The Morgan fingerprint density at radius 1 is 1.41 bits per heavy atom. The summed E-state index contributed by atoms with van der Waals surface area (Å²) in [6.45, 7) is 2.81. The third-order valence-electron chi connectivity index (χ3n) is 3.16. The highest BCUT2D eigenvalue weighted by molar-refractivity contribution is 8.00. The van der Waals surface area contributed by atoms with Crippen molar-refractivity contribution >= 4 is 23.6 Å². The van der Waals surface area contributed by atoms with Crippen LogP contribution in [0.15, 0.2) is 24.3 Å². The fourth-order valence-corrected chi connectivity index (χ4v) is 3.26. The van der Waals surface area contributed by atoms with Crippen LogP contribution in [0.1, 0.15) is 13.3 Å². The third kappa shape index (κ3) is 4.30. The molecule has 1 aromatic rings. The van der Waals surface area contributed by atoms with Crippen LogP contribution in [0.25, 0.3) is 0 Å². The van der Waals surface area contributed by atoms with Gasteiger partial charge in [-0.05, 0) is 19.1 Å². The molecule has 1 amide bonds. The quantitative estimate of drug-likeness (QED) is 0.633. The summed E-state index contributed by atoms with van der Waals surface area (Å²) in [5.74, 6) is 0.477. The molecule has 1 heterocycles. The third-order valence-corrected chi connectivity index (χ3v) is 4.35. The zero-order chi connectivity index (χ0) is 15.9. The maximum Gasteiger partial charge on any atom is 0.315 e. The predicted octanol–water partition coefficient (Wildman–Crippen LogP) is 1.63. The number of hydrogen-bond donors (Lipinski definition) is 1. The second-order valence-corrected chi connectivity index (χ2v) is 5.96. The summed E-state index contributed by atoms with van der Waals surface area (Å²) in [6, 6.07) is 6.68. The molecule has 2 rings (SSSR count). The van der Waals surface area contributed by atoms with Crippen LogP contribution in [0.4, 0.5) is 0 Å². The van der Waals surface area contributed by atoms with E-state index in [1.807, 2.05) is 0 Å². The van der Waals surface area contributed by atoms with Gasteiger partial charge in [0.05, 0.1) is 6.61 Å². The number of thioether (sulfide) groups is 1. The SMILES string of the molecule is CCOC(=O)CC(=O)N1CCS[C@H]1COc1ccccc1O. The summed E-state index contributed by atoms with van der Waals surface area (Å²) in [4.78, 5) is 25.2. The lowest BCUT2D eigenvalue weighted by molar-refractivity contribution is -0.148. The summed E-state index contributed by atoms with van der Waals surface area (Å²) in [5, 5.41) is 9.50. The van der Waals surface area contributed by atoms with Gasteiger partial charge in [0.1, 0.15) is 18.4 Å². The molecule has 1 fully saturated rings. The highest BCUT2D eigenvalue weighted by Gasteiger charge is 2.31. The molecule has 1 atom stereocenters. The molecule has 0 bridgehead atoms. The average molecular weight is 325 g/mol. The number of nitrogens with zero attached hydrogens (tertiary/aromatic N) is 1. The normalized spacial score (nSPS) is 17.3.